The number of ether oxygens (including phenoxy) is 3. The molecule has 7 N–H and O–H groups in total. The van der Waals surface area contributed by atoms with Gasteiger partial charge in [0.05, 0.1) is 19.3 Å². The van der Waals surface area contributed by atoms with E-state index in [9.17, 15) is 30.6 Å². The van der Waals surface area contributed by atoms with Crippen LogP contribution >= 0.6 is 0 Å². The summed E-state index contributed by atoms with van der Waals surface area (Å²) in [5, 5.41) is 68.5. The van der Waals surface area contributed by atoms with Crippen molar-refractivity contribution in [1.82, 2.24) is 0 Å². The Hall–Kier alpha value is -0.400. The predicted molar refractivity (Wildman–Crippen MR) is 81.2 cm³/mol. The van der Waals surface area contributed by atoms with Crippen LogP contribution in [-0.2, 0) is 14.2 Å². The summed E-state index contributed by atoms with van der Waals surface area (Å²) in [5.41, 5.74) is 0. The SMILES string of the molecule is CC(C)[C@@H]1OC(CO[C@@H]2OC(CO)[C@H](O)C(O)[C@H]2O)[C@H](O)C(O)[C@H]1O. The minimum Gasteiger partial charge on any atom is -0.394 e. The fourth-order valence-corrected chi connectivity index (χ4v) is 3.06. The molecule has 2 rings (SSSR count). The number of rotatable bonds is 5. The summed E-state index contributed by atoms with van der Waals surface area (Å²) < 4.78 is 16.1. The van der Waals surface area contributed by atoms with Crippen molar-refractivity contribution in [2.24, 2.45) is 5.92 Å². The molecule has 0 bridgehead atoms. The molecule has 25 heavy (non-hydrogen) atoms. The molecule has 0 radical (unpaired) electrons. The zero-order chi connectivity index (χ0) is 18.9. The van der Waals surface area contributed by atoms with Crippen LogP contribution in [0.2, 0.25) is 0 Å². The van der Waals surface area contributed by atoms with Gasteiger partial charge in [0.1, 0.15) is 48.8 Å². The Bertz CT molecular complexity index is 419. The van der Waals surface area contributed by atoms with Crippen molar-refractivity contribution in [3.63, 3.8) is 0 Å². The second kappa shape index (κ2) is 8.53. The molecule has 2 aliphatic heterocycles. The second-order valence-corrected chi connectivity index (χ2v) is 6.89. The van der Waals surface area contributed by atoms with Crippen molar-refractivity contribution >= 4 is 0 Å². The van der Waals surface area contributed by atoms with Crippen LogP contribution in [0.15, 0.2) is 0 Å². The van der Waals surface area contributed by atoms with Crippen LogP contribution in [0.1, 0.15) is 13.8 Å². The molecule has 0 spiro atoms. The van der Waals surface area contributed by atoms with E-state index in [-0.39, 0.29) is 12.5 Å². The Kier molecular flexibility index (Phi) is 7.13. The first kappa shape index (κ1) is 20.9. The maximum absolute atomic E-state index is 10.0. The van der Waals surface area contributed by atoms with Gasteiger partial charge in [0.2, 0.25) is 0 Å². The van der Waals surface area contributed by atoms with Crippen LogP contribution in [0.3, 0.4) is 0 Å². The lowest BCUT2D eigenvalue weighted by Gasteiger charge is -2.43. The molecule has 2 aliphatic rings. The van der Waals surface area contributed by atoms with Crippen LogP contribution in [-0.4, -0.2) is 110 Å². The van der Waals surface area contributed by atoms with Crippen molar-refractivity contribution in [3.05, 3.63) is 0 Å². The second-order valence-electron chi connectivity index (χ2n) is 6.89. The highest BCUT2D eigenvalue weighted by molar-refractivity contribution is 4.94. The largest absolute Gasteiger partial charge is 0.394 e. The maximum atomic E-state index is 10.0. The van der Waals surface area contributed by atoms with Gasteiger partial charge in [0.15, 0.2) is 6.29 Å². The van der Waals surface area contributed by atoms with Crippen LogP contribution < -0.4 is 0 Å². The third kappa shape index (κ3) is 4.30. The first-order chi connectivity index (χ1) is 11.7. The lowest BCUT2D eigenvalue weighted by molar-refractivity contribution is -0.315. The van der Waals surface area contributed by atoms with Gasteiger partial charge in [-0.3, -0.25) is 0 Å². The van der Waals surface area contributed by atoms with Crippen molar-refractivity contribution < 1.29 is 50.0 Å². The molecular weight excluding hydrogens is 340 g/mol. The molecule has 2 heterocycles. The fourth-order valence-electron chi connectivity index (χ4n) is 3.06. The van der Waals surface area contributed by atoms with Gasteiger partial charge < -0.3 is 50.0 Å². The minimum atomic E-state index is -1.58. The maximum Gasteiger partial charge on any atom is 0.186 e. The number of aliphatic hydroxyl groups is 7. The smallest absolute Gasteiger partial charge is 0.186 e. The number of hydrogen-bond donors (Lipinski definition) is 7. The van der Waals surface area contributed by atoms with Gasteiger partial charge >= 0.3 is 0 Å². The summed E-state index contributed by atoms with van der Waals surface area (Å²) in [5.74, 6) is -0.132. The molecule has 0 aromatic carbocycles. The summed E-state index contributed by atoms with van der Waals surface area (Å²) in [6, 6.07) is 0. The summed E-state index contributed by atoms with van der Waals surface area (Å²) in [4.78, 5) is 0. The number of aliphatic hydroxyl groups excluding tert-OH is 7. The Morgan fingerprint density at radius 2 is 1.32 bits per heavy atom. The Labute approximate surface area is 145 Å². The van der Waals surface area contributed by atoms with Crippen molar-refractivity contribution in [3.8, 4) is 0 Å². The lowest BCUT2D eigenvalue weighted by atomic mass is 9.89. The molecule has 10 atom stereocenters. The third-order valence-electron chi connectivity index (χ3n) is 4.68. The molecular formula is C15H28O10. The highest BCUT2D eigenvalue weighted by Gasteiger charge is 2.47. The van der Waals surface area contributed by atoms with E-state index in [1.807, 2.05) is 0 Å². The molecule has 0 aromatic rings. The molecule has 0 saturated carbocycles. The van der Waals surface area contributed by atoms with Gasteiger partial charge in [-0.15, -0.1) is 0 Å². The normalized spacial score (nSPS) is 48.7. The molecule has 0 aromatic heterocycles. The van der Waals surface area contributed by atoms with Crippen LogP contribution in [0.25, 0.3) is 0 Å². The van der Waals surface area contributed by atoms with Gasteiger partial charge in [-0.05, 0) is 5.92 Å². The molecule has 2 fully saturated rings. The van der Waals surface area contributed by atoms with Crippen LogP contribution in [0.4, 0.5) is 0 Å². The van der Waals surface area contributed by atoms with E-state index in [1.165, 1.54) is 0 Å². The summed E-state index contributed by atoms with van der Waals surface area (Å²) >= 11 is 0. The zero-order valence-electron chi connectivity index (χ0n) is 14.1. The van der Waals surface area contributed by atoms with Gasteiger partial charge in [-0.25, -0.2) is 0 Å². The van der Waals surface area contributed by atoms with Crippen molar-refractivity contribution in [1.29, 1.82) is 0 Å². The molecule has 0 amide bonds. The number of hydrogen-bond acceptors (Lipinski definition) is 10. The lowest BCUT2D eigenvalue weighted by Crippen LogP contribution is -2.62. The van der Waals surface area contributed by atoms with Crippen LogP contribution in [0.5, 0.6) is 0 Å². The Balaban J connectivity index is 1.99. The van der Waals surface area contributed by atoms with E-state index in [0.29, 0.717) is 0 Å². The summed E-state index contributed by atoms with van der Waals surface area (Å²) in [6.45, 7) is 2.67. The molecule has 10 nitrogen and oxygen atoms in total. The van der Waals surface area contributed by atoms with Crippen LogP contribution in [0, 0.1) is 5.92 Å². The quantitative estimate of drug-likeness (QED) is 0.256. The molecule has 0 aliphatic carbocycles. The Morgan fingerprint density at radius 1 is 0.760 bits per heavy atom. The van der Waals surface area contributed by atoms with Crippen molar-refractivity contribution in [2.75, 3.05) is 13.2 Å². The monoisotopic (exact) mass is 368 g/mol. The Morgan fingerprint density at radius 3 is 1.88 bits per heavy atom. The van der Waals surface area contributed by atoms with Gasteiger partial charge in [-0.2, -0.15) is 0 Å². The van der Waals surface area contributed by atoms with E-state index in [4.69, 9.17) is 19.3 Å². The topological polar surface area (TPSA) is 169 Å². The van der Waals surface area contributed by atoms with Gasteiger partial charge in [0.25, 0.3) is 0 Å². The average molecular weight is 368 g/mol. The molecule has 4 unspecified atom stereocenters. The summed E-state index contributed by atoms with van der Waals surface area (Å²) in [6.07, 6.45) is -13.0. The first-order valence-corrected chi connectivity index (χ1v) is 8.30. The van der Waals surface area contributed by atoms with Gasteiger partial charge in [-0.1, -0.05) is 13.8 Å². The molecule has 148 valence electrons. The van der Waals surface area contributed by atoms with E-state index in [0.717, 1.165) is 0 Å². The van der Waals surface area contributed by atoms with Gasteiger partial charge in [0, 0.05) is 0 Å². The minimum absolute atomic E-state index is 0.132. The van der Waals surface area contributed by atoms with Crippen molar-refractivity contribution in [2.45, 2.75) is 75.1 Å². The predicted octanol–water partition coefficient (Wildman–Crippen LogP) is -3.69. The highest BCUT2D eigenvalue weighted by Crippen LogP contribution is 2.27. The highest BCUT2D eigenvalue weighted by atomic mass is 16.7. The fraction of sp³-hybridized carbons (Fsp3) is 1.00. The van der Waals surface area contributed by atoms with E-state index in [2.05, 4.69) is 0 Å². The van der Waals surface area contributed by atoms with E-state index >= 15 is 0 Å². The van der Waals surface area contributed by atoms with E-state index in [1.54, 1.807) is 13.8 Å². The average Bonchev–Trinajstić information content (AvgIpc) is 2.58. The zero-order valence-corrected chi connectivity index (χ0v) is 14.1. The third-order valence-corrected chi connectivity index (χ3v) is 4.68. The van der Waals surface area contributed by atoms with E-state index < -0.39 is 67.8 Å². The molecule has 2 saturated heterocycles. The summed E-state index contributed by atoms with van der Waals surface area (Å²) in [7, 11) is 0. The standard InChI is InChI=1S/C15H28O10/c1-5(2)14-12(21)10(19)9(18)7(24-14)4-23-15-13(22)11(20)8(17)6(3-16)25-15/h5-22H,3-4H2,1-2H3/t6?,7?,8-,9-,10?,11?,12+,13+,14-,15+/m0/s1. The first-order valence-electron chi connectivity index (χ1n) is 8.30. The molecule has 10 heteroatoms.